The number of aromatic nitrogens is 2. The lowest BCUT2D eigenvalue weighted by atomic mass is 9.99. The fourth-order valence-electron chi connectivity index (χ4n) is 3.36. The minimum absolute atomic E-state index is 0.139. The van der Waals surface area contributed by atoms with Gasteiger partial charge in [0.05, 0.1) is 5.52 Å². The lowest BCUT2D eigenvalue weighted by Crippen LogP contribution is -2.44. The Hall–Kier alpha value is -2.21. The predicted molar refractivity (Wildman–Crippen MR) is 93.7 cm³/mol. The van der Waals surface area contributed by atoms with E-state index in [9.17, 15) is 9.90 Å². The normalized spacial score (nSPS) is 17.9. The van der Waals surface area contributed by atoms with E-state index in [0.29, 0.717) is 19.4 Å². The standard InChI is InChI=1S/C18H24N4O2/c23-12-9-14-5-3-4-11-22(14)17(24)8-10-19-18-15-6-1-2-7-16(15)20-13-21-18/h1-2,6-7,13-14,23H,3-5,8-12H2,(H,19,20,21). The molecule has 1 aromatic heterocycles. The van der Waals surface area contributed by atoms with Crippen LogP contribution in [0.15, 0.2) is 30.6 Å². The number of nitrogens with one attached hydrogen (secondary N) is 1. The Balaban J connectivity index is 1.58. The summed E-state index contributed by atoms with van der Waals surface area (Å²) in [6, 6.07) is 8.01. The number of fused-ring (bicyclic) bond motifs is 1. The molecule has 1 amide bonds. The van der Waals surface area contributed by atoms with Crippen molar-refractivity contribution in [1.29, 1.82) is 0 Å². The number of nitrogens with zero attached hydrogens (tertiary/aromatic N) is 3. The molecule has 1 saturated heterocycles. The van der Waals surface area contributed by atoms with Crippen LogP contribution in [0.3, 0.4) is 0 Å². The van der Waals surface area contributed by atoms with Crippen LogP contribution in [-0.4, -0.2) is 51.6 Å². The Morgan fingerprint density at radius 3 is 3.04 bits per heavy atom. The Morgan fingerprint density at radius 2 is 2.17 bits per heavy atom. The van der Waals surface area contributed by atoms with Gasteiger partial charge in [-0.3, -0.25) is 4.79 Å². The van der Waals surface area contributed by atoms with E-state index in [-0.39, 0.29) is 18.6 Å². The molecule has 0 spiro atoms. The van der Waals surface area contributed by atoms with E-state index in [1.165, 1.54) is 6.33 Å². The third kappa shape index (κ3) is 3.82. The summed E-state index contributed by atoms with van der Waals surface area (Å²) in [5.41, 5.74) is 0.889. The van der Waals surface area contributed by atoms with E-state index >= 15 is 0 Å². The summed E-state index contributed by atoms with van der Waals surface area (Å²) in [7, 11) is 0. The Morgan fingerprint density at radius 1 is 1.29 bits per heavy atom. The van der Waals surface area contributed by atoms with Gasteiger partial charge in [0.1, 0.15) is 12.1 Å². The minimum atomic E-state index is 0.139. The van der Waals surface area contributed by atoms with Crippen LogP contribution in [0, 0.1) is 0 Å². The SMILES string of the molecule is O=C(CCNc1ncnc2ccccc12)N1CCCCC1CCO. The van der Waals surface area contributed by atoms with Gasteiger partial charge in [0.2, 0.25) is 5.91 Å². The van der Waals surface area contributed by atoms with E-state index in [1.54, 1.807) is 0 Å². The zero-order chi connectivity index (χ0) is 16.8. The van der Waals surface area contributed by atoms with Gasteiger partial charge in [-0.2, -0.15) is 0 Å². The van der Waals surface area contributed by atoms with Crippen LogP contribution in [0.25, 0.3) is 10.9 Å². The third-order valence-corrected chi connectivity index (χ3v) is 4.58. The molecule has 1 atom stereocenters. The van der Waals surface area contributed by atoms with Crippen LogP contribution in [0.1, 0.15) is 32.1 Å². The maximum Gasteiger partial charge on any atom is 0.224 e. The fraction of sp³-hybridized carbons (Fsp3) is 0.500. The van der Waals surface area contributed by atoms with Crippen LogP contribution >= 0.6 is 0 Å². The number of aliphatic hydroxyl groups excluding tert-OH is 1. The van der Waals surface area contributed by atoms with E-state index in [2.05, 4.69) is 15.3 Å². The molecule has 1 aliphatic heterocycles. The number of para-hydroxylation sites is 1. The number of carbonyl (C=O) groups is 1. The Bertz CT molecular complexity index is 684. The monoisotopic (exact) mass is 328 g/mol. The van der Waals surface area contributed by atoms with Crippen molar-refractivity contribution in [3.05, 3.63) is 30.6 Å². The van der Waals surface area contributed by atoms with Crippen molar-refractivity contribution in [1.82, 2.24) is 14.9 Å². The van der Waals surface area contributed by atoms with Gasteiger partial charge in [-0.05, 0) is 37.8 Å². The van der Waals surface area contributed by atoms with Gasteiger partial charge in [-0.1, -0.05) is 12.1 Å². The smallest absolute Gasteiger partial charge is 0.224 e. The van der Waals surface area contributed by atoms with Crippen molar-refractivity contribution in [3.63, 3.8) is 0 Å². The molecule has 1 aromatic carbocycles. The number of carbonyl (C=O) groups excluding carboxylic acids is 1. The first-order chi connectivity index (χ1) is 11.8. The van der Waals surface area contributed by atoms with Gasteiger partial charge in [0.25, 0.3) is 0 Å². The first-order valence-electron chi connectivity index (χ1n) is 8.63. The topological polar surface area (TPSA) is 78.4 Å². The molecule has 24 heavy (non-hydrogen) atoms. The van der Waals surface area contributed by atoms with Gasteiger partial charge < -0.3 is 15.3 Å². The molecule has 0 bridgehead atoms. The zero-order valence-corrected chi connectivity index (χ0v) is 13.8. The van der Waals surface area contributed by atoms with Crippen LogP contribution in [0.5, 0.6) is 0 Å². The summed E-state index contributed by atoms with van der Waals surface area (Å²) < 4.78 is 0. The second-order valence-corrected chi connectivity index (χ2v) is 6.17. The molecule has 6 heteroatoms. The summed E-state index contributed by atoms with van der Waals surface area (Å²) in [4.78, 5) is 23.0. The van der Waals surface area contributed by atoms with Crippen LogP contribution in [-0.2, 0) is 4.79 Å². The second kappa shape index (κ2) is 8.06. The molecular weight excluding hydrogens is 304 g/mol. The van der Waals surface area contributed by atoms with Gasteiger partial charge >= 0.3 is 0 Å². The number of aliphatic hydroxyl groups is 1. The average Bonchev–Trinajstić information content (AvgIpc) is 2.62. The first-order valence-corrected chi connectivity index (χ1v) is 8.63. The summed E-state index contributed by atoms with van der Waals surface area (Å²) in [5, 5.41) is 13.4. The van der Waals surface area contributed by atoms with Gasteiger partial charge in [0.15, 0.2) is 0 Å². The van der Waals surface area contributed by atoms with E-state index in [1.807, 2.05) is 29.2 Å². The van der Waals surface area contributed by atoms with Crippen molar-refractivity contribution in [2.75, 3.05) is 25.0 Å². The Labute approximate surface area is 141 Å². The molecule has 128 valence electrons. The predicted octanol–water partition coefficient (Wildman–Crippen LogP) is 2.20. The lowest BCUT2D eigenvalue weighted by Gasteiger charge is -2.35. The summed E-state index contributed by atoms with van der Waals surface area (Å²) >= 11 is 0. The molecule has 6 nitrogen and oxygen atoms in total. The third-order valence-electron chi connectivity index (χ3n) is 4.58. The highest BCUT2D eigenvalue weighted by Crippen LogP contribution is 2.21. The van der Waals surface area contributed by atoms with Gasteiger partial charge in [-0.15, -0.1) is 0 Å². The average molecular weight is 328 g/mol. The molecule has 1 aliphatic rings. The molecule has 2 aromatic rings. The lowest BCUT2D eigenvalue weighted by molar-refractivity contribution is -0.134. The zero-order valence-electron chi connectivity index (χ0n) is 13.8. The molecule has 1 fully saturated rings. The molecule has 0 radical (unpaired) electrons. The number of likely N-dealkylation sites (tertiary alicyclic amines) is 1. The van der Waals surface area contributed by atoms with E-state index in [0.717, 1.165) is 42.5 Å². The number of amides is 1. The van der Waals surface area contributed by atoms with Crippen molar-refractivity contribution in [2.45, 2.75) is 38.1 Å². The highest BCUT2D eigenvalue weighted by molar-refractivity contribution is 5.88. The second-order valence-electron chi connectivity index (χ2n) is 6.17. The summed E-state index contributed by atoms with van der Waals surface area (Å²) in [6.07, 6.45) is 5.83. The minimum Gasteiger partial charge on any atom is -0.396 e. The number of piperidine rings is 1. The molecule has 3 rings (SSSR count). The molecule has 1 unspecified atom stereocenters. The first kappa shape index (κ1) is 16.6. The van der Waals surface area contributed by atoms with Crippen LogP contribution < -0.4 is 5.32 Å². The Kier molecular flexibility index (Phi) is 5.59. The number of hydrogen-bond acceptors (Lipinski definition) is 5. The number of benzene rings is 1. The van der Waals surface area contributed by atoms with Crippen LogP contribution in [0.2, 0.25) is 0 Å². The fourth-order valence-corrected chi connectivity index (χ4v) is 3.36. The highest BCUT2D eigenvalue weighted by atomic mass is 16.3. The van der Waals surface area contributed by atoms with Crippen molar-refractivity contribution >= 4 is 22.6 Å². The van der Waals surface area contributed by atoms with E-state index < -0.39 is 0 Å². The van der Waals surface area contributed by atoms with Crippen LogP contribution in [0.4, 0.5) is 5.82 Å². The van der Waals surface area contributed by atoms with E-state index in [4.69, 9.17) is 0 Å². The number of anilines is 1. The van der Waals surface area contributed by atoms with Crippen molar-refractivity contribution < 1.29 is 9.90 Å². The number of rotatable bonds is 6. The maximum absolute atomic E-state index is 12.5. The van der Waals surface area contributed by atoms with Crippen molar-refractivity contribution in [3.8, 4) is 0 Å². The summed E-state index contributed by atoms with van der Waals surface area (Å²) in [5.74, 6) is 0.915. The van der Waals surface area contributed by atoms with Gasteiger partial charge in [0, 0.05) is 37.5 Å². The van der Waals surface area contributed by atoms with Gasteiger partial charge in [-0.25, -0.2) is 9.97 Å². The molecular formula is C18H24N4O2. The maximum atomic E-state index is 12.5. The van der Waals surface area contributed by atoms with Crippen molar-refractivity contribution in [2.24, 2.45) is 0 Å². The number of hydrogen-bond donors (Lipinski definition) is 2. The molecule has 2 heterocycles. The highest BCUT2D eigenvalue weighted by Gasteiger charge is 2.25. The molecule has 2 N–H and O–H groups in total. The largest absolute Gasteiger partial charge is 0.396 e. The summed E-state index contributed by atoms with van der Waals surface area (Å²) in [6.45, 7) is 1.49. The quantitative estimate of drug-likeness (QED) is 0.850. The molecule has 0 saturated carbocycles. The molecule has 0 aliphatic carbocycles.